The summed E-state index contributed by atoms with van der Waals surface area (Å²) in [5, 5.41) is 3.41. The van der Waals surface area contributed by atoms with E-state index in [1.165, 1.54) is 12.3 Å². The third-order valence-corrected chi connectivity index (χ3v) is 4.20. The van der Waals surface area contributed by atoms with Crippen LogP contribution in [0.4, 0.5) is 0 Å². The van der Waals surface area contributed by atoms with Crippen LogP contribution in [0.15, 0.2) is 0 Å². The van der Waals surface area contributed by atoms with E-state index in [0.717, 1.165) is 0 Å². The van der Waals surface area contributed by atoms with Crippen LogP contribution < -0.4 is 5.32 Å². The quantitative estimate of drug-likeness (QED) is 0.604. The van der Waals surface area contributed by atoms with E-state index in [9.17, 15) is 0 Å². The van der Waals surface area contributed by atoms with Gasteiger partial charge in [0.15, 0.2) is 0 Å². The van der Waals surface area contributed by atoms with Crippen molar-refractivity contribution in [1.82, 2.24) is 5.32 Å². The fraction of sp³-hybridized carbons (Fsp3) is 1.00. The molecular weight excluding hydrogens is 138 g/mol. The van der Waals surface area contributed by atoms with E-state index in [0.29, 0.717) is 4.20 Å². The summed E-state index contributed by atoms with van der Waals surface area (Å²) in [6.45, 7) is 3.40. The molecule has 0 aliphatic carbocycles. The molecule has 0 bridgehead atoms. The Kier molecular flexibility index (Phi) is 2.12. The molecule has 0 aromatic rings. The molecule has 1 nitrogen and oxygen atoms in total. The van der Waals surface area contributed by atoms with Gasteiger partial charge in [-0.2, -0.15) is 0 Å². The average Bonchev–Trinajstić information content (AvgIpc) is 2.17. The third-order valence-electron chi connectivity index (χ3n) is 1.32. The molecule has 0 spiro atoms. The first-order valence-electron chi connectivity index (χ1n) is 2.71. The number of rotatable bonds is 1. The van der Waals surface area contributed by atoms with Crippen molar-refractivity contribution in [2.24, 2.45) is 0 Å². The summed E-state index contributed by atoms with van der Waals surface area (Å²) >= 11 is 3.88. The standard InChI is InChI=1S/C5H11NS2/c1-5(7-2)6-3-4-8-5/h6H,3-4H2,1-2H3. The van der Waals surface area contributed by atoms with Crippen molar-refractivity contribution in [1.29, 1.82) is 0 Å². The van der Waals surface area contributed by atoms with E-state index < -0.39 is 0 Å². The van der Waals surface area contributed by atoms with Gasteiger partial charge in [-0.15, -0.1) is 23.5 Å². The lowest BCUT2D eigenvalue weighted by Gasteiger charge is -2.19. The molecule has 0 amide bonds. The number of thioether (sulfide) groups is 2. The number of hydrogen-bond donors (Lipinski definition) is 1. The maximum atomic E-state index is 3.41. The fourth-order valence-corrected chi connectivity index (χ4v) is 2.47. The van der Waals surface area contributed by atoms with Crippen molar-refractivity contribution in [2.45, 2.75) is 11.1 Å². The molecular formula is C5H11NS2. The lowest BCUT2D eigenvalue weighted by molar-refractivity contribution is 0.718. The summed E-state index contributed by atoms with van der Waals surface area (Å²) in [6.07, 6.45) is 2.14. The van der Waals surface area contributed by atoms with Gasteiger partial charge in [0.2, 0.25) is 0 Å². The Morgan fingerprint density at radius 3 is 2.75 bits per heavy atom. The Morgan fingerprint density at radius 2 is 2.50 bits per heavy atom. The van der Waals surface area contributed by atoms with E-state index in [1.807, 2.05) is 23.5 Å². The molecule has 1 saturated heterocycles. The topological polar surface area (TPSA) is 12.0 Å². The molecule has 0 aromatic carbocycles. The van der Waals surface area contributed by atoms with Crippen molar-refractivity contribution in [3.05, 3.63) is 0 Å². The highest BCUT2D eigenvalue weighted by Gasteiger charge is 2.26. The van der Waals surface area contributed by atoms with Gasteiger partial charge in [0.05, 0.1) is 0 Å². The van der Waals surface area contributed by atoms with Crippen LogP contribution in [-0.2, 0) is 0 Å². The van der Waals surface area contributed by atoms with Crippen LogP contribution in [0.25, 0.3) is 0 Å². The lowest BCUT2D eigenvalue weighted by Crippen LogP contribution is -2.28. The van der Waals surface area contributed by atoms with Gasteiger partial charge in [-0.25, -0.2) is 0 Å². The average molecular weight is 149 g/mol. The maximum Gasteiger partial charge on any atom is 0.108 e. The molecule has 1 aliphatic rings. The Bertz CT molecular complexity index is 78.5. The first kappa shape index (κ1) is 6.78. The van der Waals surface area contributed by atoms with Crippen molar-refractivity contribution in [3.8, 4) is 0 Å². The van der Waals surface area contributed by atoms with Crippen molar-refractivity contribution in [3.63, 3.8) is 0 Å². The fourth-order valence-electron chi connectivity index (χ4n) is 0.706. The van der Waals surface area contributed by atoms with E-state index >= 15 is 0 Å². The van der Waals surface area contributed by atoms with Gasteiger partial charge in [-0.1, -0.05) is 0 Å². The Morgan fingerprint density at radius 1 is 1.75 bits per heavy atom. The van der Waals surface area contributed by atoms with Gasteiger partial charge in [-0.3, -0.25) is 5.32 Å². The van der Waals surface area contributed by atoms with Gasteiger partial charge in [0, 0.05) is 12.3 Å². The van der Waals surface area contributed by atoms with Crippen molar-refractivity contribution < 1.29 is 0 Å². The van der Waals surface area contributed by atoms with Crippen LogP contribution in [0.3, 0.4) is 0 Å². The molecule has 1 aliphatic heterocycles. The first-order chi connectivity index (χ1) is 3.77. The SMILES string of the molecule is CSC1(C)NCCS1. The van der Waals surface area contributed by atoms with Gasteiger partial charge in [0.25, 0.3) is 0 Å². The highest BCUT2D eigenvalue weighted by Crippen LogP contribution is 2.35. The van der Waals surface area contributed by atoms with Gasteiger partial charge in [-0.05, 0) is 13.2 Å². The van der Waals surface area contributed by atoms with Gasteiger partial charge < -0.3 is 0 Å². The van der Waals surface area contributed by atoms with E-state index in [1.54, 1.807) is 0 Å². The molecule has 0 radical (unpaired) electrons. The van der Waals surface area contributed by atoms with Crippen LogP contribution in [-0.4, -0.2) is 22.8 Å². The van der Waals surface area contributed by atoms with E-state index in [-0.39, 0.29) is 0 Å². The van der Waals surface area contributed by atoms with Gasteiger partial charge in [0.1, 0.15) is 4.20 Å². The highest BCUT2D eigenvalue weighted by atomic mass is 32.2. The molecule has 1 atom stereocenters. The normalized spacial score (nSPS) is 38.2. The predicted molar refractivity (Wildman–Crippen MR) is 42.4 cm³/mol. The minimum absolute atomic E-state index is 0.319. The second-order valence-corrected chi connectivity index (χ2v) is 4.92. The number of nitrogens with one attached hydrogen (secondary N) is 1. The van der Waals surface area contributed by atoms with Crippen LogP contribution in [0, 0.1) is 0 Å². The van der Waals surface area contributed by atoms with Crippen LogP contribution in [0.2, 0.25) is 0 Å². The minimum Gasteiger partial charge on any atom is -0.294 e. The summed E-state index contributed by atoms with van der Waals surface area (Å²) in [5.41, 5.74) is 0. The third kappa shape index (κ3) is 1.33. The van der Waals surface area contributed by atoms with Crippen molar-refractivity contribution >= 4 is 23.5 Å². The largest absolute Gasteiger partial charge is 0.294 e. The molecule has 48 valence electrons. The summed E-state index contributed by atoms with van der Waals surface area (Å²) in [5.74, 6) is 1.26. The molecule has 0 saturated carbocycles. The number of hydrogen-bond acceptors (Lipinski definition) is 3. The predicted octanol–water partition coefficient (Wildman–Crippen LogP) is 1.36. The monoisotopic (exact) mass is 149 g/mol. The summed E-state index contributed by atoms with van der Waals surface area (Å²) in [7, 11) is 0. The summed E-state index contributed by atoms with van der Waals surface area (Å²) < 4.78 is 0.319. The molecule has 1 heterocycles. The molecule has 1 fully saturated rings. The zero-order valence-corrected chi connectivity index (χ0v) is 6.86. The Hall–Kier alpha value is 0.660. The van der Waals surface area contributed by atoms with Crippen molar-refractivity contribution in [2.75, 3.05) is 18.6 Å². The Balaban J connectivity index is 2.40. The van der Waals surface area contributed by atoms with E-state index in [2.05, 4.69) is 18.5 Å². The smallest absolute Gasteiger partial charge is 0.108 e. The van der Waals surface area contributed by atoms with Crippen LogP contribution in [0.5, 0.6) is 0 Å². The highest BCUT2D eigenvalue weighted by molar-refractivity contribution is 8.18. The maximum absolute atomic E-state index is 3.41. The molecule has 1 rings (SSSR count). The molecule has 8 heavy (non-hydrogen) atoms. The zero-order chi connectivity index (χ0) is 6.04. The second-order valence-electron chi connectivity index (χ2n) is 1.93. The molecule has 0 aromatic heterocycles. The molecule has 1 N–H and O–H groups in total. The lowest BCUT2D eigenvalue weighted by atomic mass is 10.7. The zero-order valence-electron chi connectivity index (χ0n) is 5.23. The van der Waals surface area contributed by atoms with Gasteiger partial charge >= 0.3 is 0 Å². The molecule has 3 heteroatoms. The van der Waals surface area contributed by atoms with Crippen LogP contribution in [0.1, 0.15) is 6.92 Å². The summed E-state index contributed by atoms with van der Waals surface area (Å²) in [4.78, 5) is 0. The second kappa shape index (κ2) is 2.50. The Labute approximate surface area is 59.0 Å². The molecule has 1 unspecified atom stereocenters. The summed E-state index contributed by atoms with van der Waals surface area (Å²) in [6, 6.07) is 0. The minimum atomic E-state index is 0.319. The van der Waals surface area contributed by atoms with Crippen LogP contribution >= 0.6 is 23.5 Å². The first-order valence-corrected chi connectivity index (χ1v) is 4.92. The van der Waals surface area contributed by atoms with E-state index in [4.69, 9.17) is 0 Å².